The Hall–Kier alpha value is 0.0700. The van der Waals surface area contributed by atoms with Crippen LogP contribution in [0.2, 0.25) is 0 Å². The number of thiazole rings is 1. The van der Waals surface area contributed by atoms with Crippen LogP contribution in [0.1, 0.15) is 50.3 Å². The van der Waals surface area contributed by atoms with E-state index in [1.807, 2.05) is 0 Å². The Balaban J connectivity index is 2.04. The molecule has 90 valence electrons. The van der Waals surface area contributed by atoms with Gasteiger partial charge < -0.3 is 5.11 Å². The number of hydrogen-bond donors (Lipinski definition) is 1. The zero-order valence-electron chi connectivity index (χ0n) is 9.58. The molecule has 0 atom stereocenters. The van der Waals surface area contributed by atoms with Gasteiger partial charge in [-0.2, -0.15) is 0 Å². The molecule has 0 spiro atoms. The van der Waals surface area contributed by atoms with Crippen molar-refractivity contribution in [2.75, 3.05) is 0 Å². The van der Waals surface area contributed by atoms with Gasteiger partial charge >= 0.3 is 0 Å². The molecule has 1 aromatic heterocycles. The molecular weight excluding hydrogens is 286 g/mol. The lowest BCUT2D eigenvalue weighted by molar-refractivity contribution is -0.0127. The number of hydrogen-bond acceptors (Lipinski definition) is 3. The van der Waals surface area contributed by atoms with Crippen molar-refractivity contribution in [1.82, 2.24) is 4.98 Å². The first-order chi connectivity index (χ1) is 7.65. The zero-order valence-corrected chi connectivity index (χ0v) is 12.0. The smallest absolute Gasteiger partial charge is 0.123 e. The molecule has 1 N–H and O–H groups in total. The van der Waals surface area contributed by atoms with Crippen molar-refractivity contribution in [3.63, 3.8) is 0 Å². The molecule has 0 radical (unpaired) electrons. The Morgan fingerprint density at radius 2 is 2.25 bits per heavy atom. The van der Waals surface area contributed by atoms with Crippen LogP contribution >= 0.6 is 27.3 Å². The lowest BCUT2D eigenvalue weighted by atomic mass is 9.77. The van der Waals surface area contributed by atoms with Crippen LogP contribution in [0, 0.1) is 5.92 Å². The van der Waals surface area contributed by atoms with E-state index in [1.54, 1.807) is 16.8 Å². The van der Waals surface area contributed by atoms with Gasteiger partial charge in [-0.05, 0) is 47.5 Å². The lowest BCUT2D eigenvalue weighted by Crippen LogP contribution is -2.31. The van der Waals surface area contributed by atoms with Gasteiger partial charge in [-0.15, -0.1) is 11.3 Å². The van der Waals surface area contributed by atoms with E-state index in [2.05, 4.69) is 27.8 Å². The third-order valence-corrected chi connectivity index (χ3v) is 5.46. The molecule has 1 saturated carbocycles. The second-order valence-corrected chi connectivity index (χ2v) is 6.34. The SMILES string of the molecule is CCCC1CCC(O)(c2scnc2Br)CC1. The number of aromatic nitrogens is 1. The Morgan fingerprint density at radius 3 is 2.75 bits per heavy atom. The van der Waals surface area contributed by atoms with Crippen molar-refractivity contribution in [3.8, 4) is 0 Å². The number of rotatable bonds is 3. The van der Waals surface area contributed by atoms with Crippen molar-refractivity contribution in [1.29, 1.82) is 0 Å². The third kappa shape index (κ3) is 2.49. The van der Waals surface area contributed by atoms with Gasteiger partial charge in [0.05, 0.1) is 10.4 Å². The molecule has 0 aromatic carbocycles. The van der Waals surface area contributed by atoms with Crippen LogP contribution in [0.25, 0.3) is 0 Å². The standard InChI is InChI=1S/C12H18BrNOS/c1-2-3-9-4-6-12(15,7-5-9)10-11(13)14-8-16-10/h8-9,15H,2-7H2,1H3. The van der Waals surface area contributed by atoms with E-state index in [9.17, 15) is 5.11 Å². The van der Waals surface area contributed by atoms with E-state index in [0.29, 0.717) is 0 Å². The maximum absolute atomic E-state index is 10.6. The summed E-state index contributed by atoms with van der Waals surface area (Å²) in [7, 11) is 0. The predicted molar refractivity (Wildman–Crippen MR) is 70.6 cm³/mol. The van der Waals surface area contributed by atoms with E-state index >= 15 is 0 Å². The first-order valence-electron chi connectivity index (χ1n) is 5.97. The fourth-order valence-electron chi connectivity index (χ4n) is 2.61. The molecule has 0 amide bonds. The maximum atomic E-state index is 10.6. The first kappa shape index (κ1) is 12.5. The quantitative estimate of drug-likeness (QED) is 0.912. The maximum Gasteiger partial charge on any atom is 0.123 e. The molecule has 4 heteroatoms. The van der Waals surface area contributed by atoms with Gasteiger partial charge in [0.2, 0.25) is 0 Å². The average Bonchev–Trinajstić information content (AvgIpc) is 2.69. The van der Waals surface area contributed by atoms with Crippen LogP contribution < -0.4 is 0 Å². The summed E-state index contributed by atoms with van der Waals surface area (Å²) in [5, 5.41) is 10.6. The summed E-state index contributed by atoms with van der Waals surface area (Å²) < 4.78 is 0.828. The van der Waals surface area contributed by atoms with Crippen LogP contribution in [0.3, 0.4) is 0 Å². The number of nitrogens with zero attached hydrogens (tertiary/aromatic N) is 1. The van der Waals surface area contributed by atoms with Crippen molar-refractivity contribution in [3.05, 3.63) is 15.0 Å². The van der Waals surface area contributed by atoms with E-state index in [1.165, 1.54) is 12.8 Å². The molecule has 0 unspecified atom stereocenters. The molecule has 0 saturated heterocycles. The highest BCUT2D eigenvalue weighted by Crippen LogP contribution is 2.44. The lowest BCUT2D eigenvalue weighted by Gasteiger charge is -2.35. The normalized spacial score (nSPS) is 30.6. The van der Waals surface area contributed by atoms with Gasteiger partial charge in [-0.25, -0.2) is 4.98 Å². The van der Waals surface area contributed by atoms with Gasteiger partial charge in [0.15, 0.2) is 0 Å². The van der Waals surface area contributed by atoms with Crippen LogP contribution in [-0.4, -0.2) is 10.1 Å². The summed E-state index contributed by atoms with van der Waals surface area (Å²) in [4.78, 5) is 5.18. The zero-order chi connectivity index (χ0) is 11.6. The van der Waals surface area contributed by atoms with Crippen molar-refractivity contribution in [2.45, 2.75) is 51.0 Å². The van der Waals surface area contributed by atoms with Crippen LogP contribution in [-0.2, 0) is 5.60 Å². The summed E-state index contributed by atoms with van der Waals surface area (Å²) in [6.45, 7) is 2.24. The highest BCUT2D eigenvalue weighted by molar-refractivity contribution is 9.10. The largest absolute Gasteiger partial charge is 0.384 e. The molecule has 1 aliphatic carbocycles. The summed E-state index contributed by atoms with van der Waals surface area (Å²) in [5.74, 6) is 0.817. The Kier molecular flexibility index (Phi) is 4.03. The minimum absolute atomic E-state index is 0.621. The Morgan fingerprint density at radius 1 is 1.56 bits per heavy atom. The second-order valence-electron chi connectivity index (χ2n) is 4.74. The van der Waals surface area contributed by atoms with Crippen molar-refractivity contribution in [2.24, 2.45) is 5.92 Å². The van der Waals surface area contributed by atoms with Gasteiger partial charge in [0.1, 0.15) is 10.2 Å². The summed E-state index contributed by atoms with van der Waals surface area (Å²) in [6, 6.07) is 0. The Bertz CT molecular complexity index is 345. The average molecular weight is 304 g/mol. The fraction of sp³-hybridized carbons (Fsp3) is 0.750. The third-order valence-electron chi connectivity index (χ3n) is 3.58. The molecule has 1 aliphatic rings. The summed E-state index contributed by atoms with van der Waals surface area (Å²) in [5.41, 5.74) is 1.18. The van der Waals surface area contributed by atoms with Gasteiger partial charge in [0.25, 0.3) is 0 Å². The monoisotopic (exact) mass is 303 g/mol. The van der Waals surface area contributed by atoms with E-state index in [-0.39, 0.29) is 0 Å². The highest BCUT2D eigenvalue weighted by atomic mass is 79.9. The molecular formula is C12H18BrNOS. The van der Waals surface area contributed by atoms with E-state index in [0.717, 1.165) is 41.1 Å². The fourth-order valence-corrected chi connectivity index (χ4v) is 4.34. The molecule has 0 bridgehead atoms. The van der Waals surface area contributed by atoms with E-state index < -0.39 is 5.60 Å². The van der Waals surface area contributed by atoms with Crippen LogP contribution in [0.15, 0.2) is 10.1 Å². The predicted octanol–water partition coefficient (Wildman–Crippen LogP) is 4.08. The van der Waals surface area contributed by atoms with Crippen molar-refractivity contribution < 1.29 is 5.11 Å². The summed E-state index contributed by atoms with van der Waals surface area (Å²) >= 11 is 4.98. The first-order valence-corrected chi connectivity index (χ1v) is 7.65. The minimum Gasteiger partial charge on any atom is -0.384 e. The van der Waals surface area contributed by atoms with Crippen molar-refractivity contribution >= 4 is 27.3 Å². The highest BCUT2D eigenvalue weighted by Gasteiger charge is 2.37. The van der Waals surface area contributed by atoms with Gasteiger partial charge in [-0.1, -0.05) is 19.8 Å². The van der Waals surface area contributed by atoms with Crippen LogP contribution in [0.4, 0.5) is 0 Å². The number of halogens is 1. The second kappa shape index (κ2) is 5.15. The molecule has 2 rings (SSSR count). The molecule has 1 heterocycles. The van der Waals surface area contributed by atoms with E-state index in [4.69, 9.17) is 0 Å². The molecule has 1 fully saturated rings. The minimum atomic E-state index is -0.621. The molecule has 0 aliphatic heterocycles. The Labute approximate surface area is 109 Å². The molecule has 1 aromatic rings. The topological polar surface area (TPSA) is 33.1 Å². The molecule has 16 heavy (non-hydrogen) atoms. The summed E-state index contributed by atoms with van der Waals surface area (Å²) in [6.07, 6.45) is 6.63. The molecule has 2 nitrogen and oxygen atoms in total. The van der Waals surface area contributed by atoms with Crippen LogP contribution in [0.5, 0.6) is 0 Å². The van der Waals surface area contributed by atoms with Gasteiger partial charge in [0, 0.05) is 0 Å². The number of aliphatic hydroxyl groups is 1. The van der Waals surface area contributed by atoms with Gasteiger partial charge in [-0.3, -0.25) is 0 Å².